The monoisotopic (exact) mass is 350 g/mol. The van der Waals surface area contributed by atoms with Crippen molar-refractivity contribution in [2.45, 2.75) is 26.7 Å². The molecular formula is C20H22N4O2. The maximum atomic E-state index is 5.39. The molecule has 0 aliphatic heterocycles. The molecule has 0 aliphatic rings. The largest absolute Gasteiger partial charge is 0.399 e. The van der Waals surface area contributed by atoms with Crippen LogP contribution in [0.5, 0.6) is 0 Å². The number of hydrogen-bond donors (Lipinski definition) is 0. The lowest BCUT2D eigenvalue weighted by Crippen LogP contribution is -2.04. The first-order valence-corrected chi connectivity index (χ1v) is 8.28. The van der Waals surface area contributed by atoms with Gasteiger partial charge in [0.05, 0.1) is 11.4 Å². The fraction of sp³-hybridized carbons (Fsp3) is 0.300. The molecular weight excluding hydrogens is 328 g/mol. The van der Waals surface area contributed by atoms with Crippen molar-refractivity contribution >= 4 is 11.4 Å². The second-order valence-corrected chi connectivity index (χ2v) is 5.54. The lowest BCUT2D eigenvalue weighted by Gasteiger charge is -2.05. The van der Waals surface area contributed by atoms with Gasteiger partial charge in [-0.05, 0) is 51.0 Å². The highest BCUT2D eigenvalue weighted by Gasteiger charge is 2.03. The van der Waals surface area contributed by atoms with E-state index in [1.807, 2.05) is 44.2 Å². The molecule has 0 unspecified atom stereocenters. The highest BCUT2D eigenvalue weighted by Crippen LogP contribution is 2.05. The second kappa shape index (κ2) is 9.94. The first-order valence-electron chi connectivity index (χ1n) is 8.28. The van der Waals surface area contributed by atoms with Crippen molar-refractivity contribution in [1.29, 1.82) is 0 Å². The fourth-order valence-electron chi connectivity index (χ4n) is 2.23. The molecule has 2 rings (SSSR count). The van der Waals surface area contributed by atoms with Crippen LogP contribution in [-0.2, 0) is 16.1 Å². The summed E-state index contributed by atoms with van der Waals surface area (Å²) in [4.78, 5) is 19.0. The van der Waals surface area contributed by atoms with Crippen molar-refractivity contribution in [3.8, 4) is 12.3 Å². The molecule has 2 aromatic heterocycles. The zero-order valence-corrected chi connectivity index (χ0v) is 15.3. The smallest absolute Gasteiger partial charge is 0.117 e. The maximum absolute atomic E-state index is 5.39. The number of rotatable bonds is 8. The predicted molar refractivity (Wildman–Crippen MR) is 102 cm³/mol. The SMILES string of the molecule is C#Cc1cccc(/C(C)=N/OCCCc2cccc(/C(C)=N/OC)n2)n1. The summed E-state index contributed by atoms with van der Waals surface area (Å²) in [7, 11) is 1.52. The average Bonchev–Trinajstić information content (AvgIpc) is 2.68. The third-order valence-electron chi connectivity index (χ3n) is 3.54. The molecule has 2 aromatic rings. The standard InChI is InChI=1S/C20H22N4O2/c1-5-17-9-6-12-20(21-17)16(3)24-26-14-8-11-18-10-7-13-19(22-18)15(2)23-25-4/h1,6-7,9-10,12-13H,8,11,14H2,2-4H3/b23-15+,24-16+. The Morgan fingerprint density at radius 3 is 2.46 bits per heavy atom. The van der Waals surface area contributed by atoms with Crippen LogP contribution in [0, 0.1) is 12.3 Å². The van der Waals surface area contributed by atoms with E-state index in [0.29, 0.717) is 23.7 Å². The van der Waals surface area contributed by atoms with Gasteiger partial charge in [0, 0.05) is 5.69 Å². The van der Waals surface area contributed by atoms with Crippen molar-refractivity contribution in [2.24, 2.45) is 10.3 Å². The van der Waals surface area contributed by atoms with E-state index in [0.717, 1.165) is 29.9 Å². The predicted octanol–water partition coefficient (Wildman–Crippen LogP) is 3.20. The second-order valence-electron chi connectivity index (χ2n) is 5.54. The molecule has 0 spiro atoms. The maximum Gasteiger partial charge on any atom is 0.117 e. The van der Waals surface area contributed by atoms with E-state index in [4.69, 9.17) is 16.1 Å². The molecule has 6 nitrogen and oxygen atoms in total. The number of oxime groups is 2. The molecule has 0 radical (unpaired) electrons. The van der Waals surface area contributed by atoms with Crippen LogP contribution < -0.4 is 0 Å². The van der Waals surface area contributed by atoms with Crippen molar-refractivity contribution < 1.29 is 9.68 Å². The molecule has 0 saturated carbocycles. The molecule has 0 fully saturated rings. The van der Waals surface area contributed by atoms with Crippen LogP contribution in [0.1, 0.15) is 43.0 Å². The van der Waals surface area contributed by atoms with E-state index in [2.05, 4.69) is 26.2 Å². The summed E-state index contributed by atoms with van der Waals surface area (Å²) in [6, 6.07) is 11.3. The summed E-state index contributed by atoms with van der Waals surface area (Å²) in [6.45, 7) is 4.19. The Balaban J connectivity index is 1.84. The molecule has 0 amide bonds. The average molecular weight is 350 g/mol. The van der Waals surface area contributed by atoms with E-state index in [1.165, 1.54) is 7.11 Å². The lowest BCUT2D eigenvalue weighted by atomic mass is 10.2. The Morgan fingerprint density at radius 1 is 1.04 bits per heavy atom. The molecule has 0 aliphatic carbocycles. The third kappa shape index (κ3) is 5.71. The highest BCUT2D eigenvalue weighted by atomic mass is 16.6. The molecule has 26 heavy (non-hydrogen) atoms. The first-order chi connectivity index (χ1) is 12.6. The van der Waals surface area contributed by atoms with Crippen molar-refractivity contribution in [2.75, 3.05) is 13.7 Å². The number of hydrogen-bond acceptors (Lipinski definition) is 6. The van der Waals surface area contributed by atoms with Gasteiger partial charge in [-0.25, -0.2) is 4.98 Å². The number of aryl methyl sites for hydroxylation is 1. The molecule has 2 heterocycles. The minimum absolute atomic E-state index is 0.489. The summed E-state index contributed by atoms with van der Waals surface area (Å²) >= 11 is 0. The summed E-state index contributed by atoms with van der Waals surface area (Å²) in [5, 5.41) is 8.00. The molecule has 0 aromatic carbocycles. The Kier molecular flexibility index (Phi) is 7.31. The summed E-state index contributed by atoms with van der Waals surface area (Å²) < 4.78 is 0. The summed E-state index contributed by atoms with van der Waals surface area (Å²) in [5.74, 6) is 2.51. The molecule has 6 heteroatoms. The van der Waals surface area contributed by atoms with Crippen LogP contribution in [0.3, 0.4) is 0 Å². The zero-order valence-electron chi connectivity index (χ0n) is 15.3. The van der Waals surface area contributed by atoms with Gasteiger partial charge in [0.25, 0.3) is 0 Å². The van der Waals surface area contributed by atoms with Gasteiger partial charge in [-0.1, -0.05) is 28.4 Å². The summed E-state index contributed by atoms with van der Waals surface area (Å²) in [6.07, 6.45) is 6.94. The fourth-order valence-corrected chi connectivity index (χ4v) is 2.23. The van der Waals surface area contributed by atoms with E-state index in [9.17, 15) is 0 Å². The van der Waals surface area contributed by atoms with E-state index < -0.39 is 0 Å². The van der Waals surface area contributed by atoms with Crippen molar-refractivity contribution in [3.05, 3.63) is 59.2 Å². The van der Waals surface area contributed by atoms with Gasteiger partial charge in [0.2, 0.25) is 0 Å². The van der Waals surface area contributed by atoms with Gasteiger partial charge < -0.3 is 9.68 Å². The molecule has 0 atom stereocenters. The minimum atomic E-state index is 0.489. The minimum Gasteiger partial charge on any atom is -0.399 e. The first kappa shape index (κ1) is 19.1. The van der Waals surface area contributed by atoms with Crippen molar-refractivity contribution in [1.82, 2.24) is 9.97 Å². The number of aromatic nitrogens is 2. The number of pyridine rings is 2. The van der Waals surface area contributed by atoms with E-state index in [-0.39, 0.29) is 0 Å². The quantitative estimate of drug-likeness (QED) is 0.317. The molecule has 0 N–H and O–H groups in total. The lowest BCUT2D eigenvalue weighted by molar-refractivity contribution is 0.141. The third-order valence-corrected chi connectivity index (χ3v) is 3.54. The van der Waals surface area contributed by atoms with Crippen LogP contribution in [0.4, 0.5) is 0 Å². The van der Waals surface area contributed by atoms with E-state index in [1.54, 1.807) is 6.07 Å². The van der Waals surface area contributed by atoms with Gasteiger partial charge in [0.15, 0.2) is 0 Å². The molecule has 0 saturated heterocycles. The Hall–Kier alpha value is -3.20. The summed E-state index contributed by atoms with van der Waals surface area (Å²) in [5.41, 5.74) is 4.50. The van der Waals surface area contributed by atoms with Crippen LogP contribution in [0.2, 0.25) is 0 Å². The zero-order chi connectivity index (χ0) is 18.8. The van der Waals surface area contributed by atoms with Gasteiger partial charge in [0.1, 0.15) is 30.8 Å². The molecule has 0 bridgehead atoms. The van der Waals surface area contributed by atoms with Gasteiger partial charge in [-0.15, -0.1) is 6.42 Å². The number of nitrogens with zero attached hydrogens (tertiary/aromatic N) is 4. The Morgan fingerprint density at radius 2 is 1.73 bits per heavy atom. The highest BCUT2D eigenvalue weighted by molar-refractivity contribution is 5.97. The number of terminal acetylenes is 1. The van der Waals surface area contributed by atoms with Gasteiger partial charge in [-0.3, -0.25) is 4.98 Å². The van der Waals surface area contributed by atoms with Crippen LogP contribution in [0.25, 0.3) is 0 Å². The van der Waals surface area contributed by atoms with Gasteiger partial charge >= 0.3 is 0 Å². The van der Waals surface area contributed by atoms with Gasteiger partial charge in [-0.2, -0.15) is 0 Å². The van der Waals surface area contributed by atoms with Crippen LogP contribution in [0.15, 0.2) is 46.7 Å². The van der Waals surface area contributed by atoms with Crippen LogP contribution >= 0.6 is 0 Å². The van der Waals surface area contributed by atoms with E-state index >= 15 is 0 Å². The Labute approximate surface area is 154 Å². The topological polar surface area (TPSA) is 69.0 Å². The Bertz CT molecular complexity index is 838. The van der Waals surface area contributed by atoms with Crippen molar-refractivity contribution in [3.63, 3.8) is 0 Å². The molecule has 134 valence electrons. The van der Waals surface area contributed by atoms with Crippen LogP contribution in [-0.4, -0.2) is 35.1 Å². The normalized spacial score (nSPS) is 11.8.